The molecule has 1 unspecified atom stereocenters. The van der Waals surface area contributed by atoms with E-state index in [2.05, 4.69) is 0 Å². The van der Waals surface area contributed by atoms with Gasteiger partial charge in [-0.15, -0.1) is 0 Å². The summed E-state index contributed by atoms with van der Waals surface area (Å²) in [5, 5.41) is 9.05. The number of amides is 1. The molecule has 7 nitrogen and oxygen atoms in total. The molecule has 0 aliphatic carbocycles. The number of fused-ring (bicyclic) bond motifs is 1. The van der Waals surface area contributed by atoms with Crippen LogP contribution in [0.15, 0.2) is 0 Å². The van der Waals surface area contributed by atoms with E-state index in [9.17, 15) is 9.59 Å². The normalized spacial score (nSPS) is 33.2. The van der Waals surface area contributed by atoms with Crippen LogP contribution < -0.4 is 0 Å². The van der Waals surface area contributed by atoms with Crippen molar-refractivity contribution in [1.82, 2.24) is 4.90 Å². The maximum absolute atomic E-state index is 12.4. The number of carbonyl (C=O) groups excluding carboxylic acids is 2. The molecular weight excluding hydrogens is 288 g/mol. The summed E-state index contributed by atoms with van der Waals surface area (Å²) in [5.74, 6) is -0.843. The first kappa shape index (κ1) is 16.7. The van der Waals surface area contributed by atoms with Gasteiger partial charge < -0.3 is 19.0 Å². The van der Waals surface area contributed by atoms with Crippen LogP contribution in [0.5, 0.6) is 0 Å². The summed E-state index contributed by atoms with van der Waals surface area (Å²) in [6, 6.07) is 0.654. The molecule has 0 N–H and O–H groups in total. The number of hydrogen-bond acceptors (Lipinski definition) is 6. The maximum Gasteiger partial charge on any atom is 0.411 e. The Kier molecular flexibility index (Phi) is 4.20. The van der Waals surface area contributed by atoms with Gasteiger partial charge in [0.05, 0.1) is 18.5 Å². The molecule has 0 spiro atoms. The second-order valence-corrected chi connectivity index (χ2v) is 7.01. The lowest BCUT2D eigenvalue weighted by atomic mass is 10.1. The number of aldehydes is 1. The Bertz CT molecular complexity index is 505. The summed E-state index contributed by atoms with van der Waals surface area (Å²) in [4.78, 5) is 25.2. The van der Waals surface area contributed by atoms with Gasteiger partial charge in [0.25, 0.3) is 0 Å². The highest BCUT2D eigenvalue weighted by Gasteiger charge is 2.59. The average Bonchev–Trinajstić information content (AvgIpc) is 2.79. The third-order valence-corrected chi connectivity index (χ3v) is 3.60. The first-order chi connectivity index (χ1) is 10.1. The van der Waals surface area contributed by atoms with Crippen LogP contribution in [0.1, 0.15) is 41.0 Å². The molecule has 1 amide bonds. The predicted molar refractivity (Wildman–Crippen MR) is 75.8 cm³/mol. The summed E-state index contributed by atoms with van der Waals surface area (Å²) in [5.41, 5.74) is -0.694. The van der Waals surface area contributed by atoms with Gasteiger partial charge in [0.15, 0.2) is 5.79 Å². The van der Waals surface area contributed by atoms with Gasteiger partial charge in [-0.3, -0.25) is 4.90 Å². The molecule has 0 saturated carbocycles. The quantitative estimate of drug-likeness (QED) is 0.720. The van der Waals surface area contributed by atoms with Gasteiger partial charge in [-0.2, -0.15) is 5.26 Å². The van der Waals surface area contributed by atoms with Crippen LogP contribution >= 0.6 is 0 Å². The number of nitrogens with zero attached hydrogens (tertiary/aromatic N) is 2. The summed E-state index contributed by atoms with van der Waals surface area (Å²) < 4.78 is 16.9. The minimum atomic E-state index is -0.843. The number of ether oxygens (including phenoxy) is 3. The van der Waals surface area contributed by atoms with Crippen LogP contribution in [0.2, 0.25) is 0 Å². The molecule has 0 aromatic carbocycles. The Morgan fingerprint density at radius 3 is 2.45 bits per heavy atom. The molecule has 4 atom stereocenters. The average molecular weight is 310 g/mol. The van der Waals surface area contributed by atoms with Crippen molar-refractivity contribution < 1.29 is 23.8 Å². The molecule has 7 heteroatoms. The summed E-state index contributed by atoms with van der Waals surface area (Å²) in [6.45, 7) is 8.72. The van der Waals surface area contributed by atoms with Gasteiger partial charge in [0.1, 0.15) is 30.1 Å². The fourth-order valence-electron chi connectivity index (χ4n) is 2.94. The Labute approximate surface area is 130 Å². The third-order valence-electron chi connectivity index (χ3n) is 3.60. The van der Waals surface area contributed by atoms with Crippen molar-refractivity contribution >= 4 is 12.4 Å². The van der Waals surface area contributed by atoms with Crippen molar-refractivity contribution in [3.63, 3.8) is 0 Å². The van der Waals surface area contributed by atoms with E-state index in [1.165, 1.54) is 4.90 Å². The molecule has 22 heavy (non-hydrogen) atoms. The van der Waals surface area contributed by atoms with Crippen LogP contribution in [0, 0.1) is 11.3 Å². The standard InChI is InChI=1S/C15H22N2O5/c1-14(2,3)22-13(19)17-9(6-7-16)11-12(10(17)8-18)21-15(4,5)20-11/h8-12H,6H2,1-5H3/t9-,10-,11?,12+/m1/s1. The van der Waals surface area contributed by atoms with Gasteiger partial charge in [-0.05, 0) is 34.6 Å². The molecule has 2 aliphatic rings. The van der Waals surface area contributed by atoms with Crippen molar-refractivity contribution in [2.75, 3.05) is 0 Å². The summed E-state index contributed by atoms with van der Waals surface area (Å²) in [7, 11) is 0. The van der Waals surface area contributed by atoms with E-state index in [1.807, 2.05) is 6.07 Å². The summed E-state index contributed by atoms with van der Waals surface area (Å²) in [6.07, 6.45) is -1.03. The Morgan fingerprint density at radius 1 is 1.36 bits per heavy atom. The molecule has 2 rings (SSSR count). The van der Waals surface area contributed by atoms with Gasteiger partial charge in [0, 0.05) is 0 Å². The molecular formula is C15H22N2O5. The third kappa shape index (κ3) is 3.08. The zero-order valence-electron chi connectivity index (χ0n) is 13.5. The highest BCUT2D eigenvalue weighted by Crippen LogP contribution is 2.41. The molecule has 0 bridgehead atoms. The smallest absolute Gasteiger partial charge is 0.411 e. The Morgan fingerprint density at radius 2 is 1.95 bits per heavy atom. The minimum Gasteiger partial charge on any atom is -0.444 e. The van der Waals surface area contributed by atoms with Crippen molar-refractivity contribution in [2.24, 2.45) is 0 Å². The largest absolute Gasteiger partial charge is 0.444 e. The molecule has 0 aromatic rings. The summed E-state index contributed by atoms with van der Waals surface area (Å²) >= 11 is 0. The molecule has 0 radical (unpaired) electrons. The lowest BCUT2D eigenvalue weighted by molar-refractivity contribution is -0.166. The van der Waals surface area contributed by atoms with E-state index in [1.54, 1.807) is 34.6 Å². The van der Waals surface area contributed by atoms with Crippen LogP contribution in [0.3, 0.4) is 0 Å². The number of nitriles is 1. The number of hydrogen-bond donors (Lipinski definition) is 0. The van der Waals surface area contributed by atoms with E-state index in [0.717, 1.165) is 0 Å². The lowest BCUT2D eigenvalue weighted by Gasteiger charge is -2.32. The Balaban J connectivity index is 2.30. The van der Waals surface area contributed by atoms with E-state index in [4.69, 9.17) is 19.5 Å². The Hall–Kier alpha value is -1.65. The van der Waals surface area contributed by atoms with Crippen LogP contribution in [0.25, 0.3) is 0 Å². The van der Waals surface area contributed by atoms with Gasteiger partial charge in [0.2, 0.25) is 0 Å². The predicted octanol–water partition coefficient (Wildman–Crippen LogP) is 1.61. The van der Waals surface area contributed by atoms with Gasteiger partial charge >= 0.3 is 6.09 Å². The van der Waals surface area contributed by atoms with Gasteiger partial charge in [-0.1, -0.05) is 0 Å². The number of likely N-dealkylation sites (tertiary alicyclic amines) is 1. The van der Waals surface area contributed by atoms with Crippen molar-refractivity contribution in [2.45, 2.75) is 76.7 Å². The topological polar surface area (TPSA) is 88.9 Å². The lowest BCUT2D eigenvalue weighted by Crippen LogP contribution is -2.48. The molecule has 0 aromatic heterocycles. The molecule has 2 fully saturated rings. The van der Waals surface area contributed by atoms with Crippen molar-refractivity contribution in [1.29, 1.82) is 5.26 Å². The highest BCUT2D eigenvalue weighted by molar-refractivity contribution is 5.76. The minimum absolute atomic E-state index is 0.0458. The van der Waals surface area contributed by atoms with E-state index < -0.39 is 41.8 Å². The van der Waals surface area contributed by atoms with Crippen LogP contribution in [-0.2, 0) is 19.0 Å². The molecule has 2 aliphatic heterocycles. The van der Waals surface area contributed by atoms with Crippen molar-refractivity contribution in [3.05, 3.63) is 0 Å². The van der Waals surface area contributed by atoms with Crippen LogP contribution in [0.4, 0.5) is 4.79 Å². The molecule has 122 valence electrons. The SMILES string of the molecule is CC(C)(C)OC(=O)N1[C@H](CC#N)C2OC(C)(C)O[C@H]2[C@H]1C=O. The van der Waals surface area contributed by atoms with E-state index >= 15 is 0 Å². The second-order valence-electron chi connectivity index (χ2n) is 7.01. The molecule has 2 heterocycles. The zero-order chi connectivity index (χ0) is 16.7. The molecule has 2 saturated heterocycles. The number of rotatable bonds is 2. The zero-order valence-corrected chi connectivity index (χ0v) is 13.5. The van der Waals surface area contributed by atoms with E-state index in [-0.39, 0.29) is 6.42 Å². The second kappa shape index (κ2) is 5.52. The van der Waals surface area contributed by atoms with Crippen molar-refractivity contribution in [3.8, 4) is 6.07 Å². The number of carbonyl (C=O) groups is 2. The first-order valence-corrected chi connectivity index (χ1v) is 7.29. The maximum atomic E-state index is 12.4. The first-order valence-electron chi connectivity index (χ1n) is 7.29. The highest BCUT2D eigenvalue weighted by atomic mass is 16.8. The fourth-order valence-corrected chi connectivity index (χ4v) is 2.94. The van der Waals surface area contributed by atoms with Crippen LogP contribution in [-0.4, -0.2) is 53.0 Å². The van der Waals surface area contributed by atoms with E-state index in [0.29, 0.717) is 6.29 Å². The van der Waals surface area contributed by atoms with Gasteiger partial charge in [-0.25, -0.2) is 4.79 Å². The monoisotopic (exact) mass is 310 g/mol. The fraction of sp³-hybridized carbons (Fsp3) is 0.800.